The molecule has 1 aromatic heterocycles. The number of hydrogen-bond donors (Lipinski definition) is 0. The van der Waals surface area contributed by atoms with Gasteiger partial charge >= 0.3 is 0 Å². The van der Waals surface area contributed by atoms with E-state index in [0.717, 1.165) is 43.4 Å². The van der Waals surface area contributed by atoms with Crippen molar-refractivity contribution in [1.82, 2.24) is 14.8 Å². The third-order valence-electron chi connectivity index (χ3n) is 5.75. The summed E-state index contributed by atoms with van der Waals surface area (Å²) in [5.74, 6) is 1.37. The highest BCUT2D eigenvalue weighted by molar-refractivity contribution is 6.31. The van der Waals surface area contributed by atoms with E-state index in [4.69, 9.17) is 16.0 Å². The van der Waals surface area contributed by atoms with E-state index in [1.54, 1.807) is 11.1 Å². The molecule has 0 saturated carbocycles. The first kappa shape index (κ1) is 20.0. The van der Waals surface area contributed by atoms with Crippen LogP contribution in [0.25, 0.3) is 0 Å². The molecule has 2 aliphatic heterocycles. The van der Waals surface area contributed by atoms with Crippen LogP contribution < -0.4 is 0 Å². The first-order chi connectivity index (χ1) is 14.1. The first-order valence-corrected chi connectivity index (χ1v) is 10.7. The van der Waals surface area contributed by atoms with Crippen LogP contribution in [-0.2, 0) is 16.0 Å². The molecule has 2 aliphatic rings. The molecule has 7 heteroatoms. The van der Waals surface area contributed by atoms with Crippen LogP contribution in [0.1, 0.15) is 61.8 Å². The molecular weight excluding hydrogens is 390 g/mol. The quantitative estimate of drug-likeness (QED) is 0.740. The molecule has 2 amide bonds. The van der Waals surface area contributed by atoms with Gasteiger partial charge in [-0.25, -0.2) is 4.98 Å². The highest BCUT2D eigenvalue weighted by Crippen LogP contribution is 2.32. The fraction of sp³-hybridized carbons (Fsp3) is 0.500. The van der Waals surface area contributed by atoms with Gasteiger partial charge in [-0.3, -0.25) is 9.59 Å². The van der Waals surface area contributed by atoms with Gasteiger partial charge in [-0.05, 0) is 37.3 Å². The second kappa shape index (κ2) is 8.99. The molecule has 29 heavy (non-hydrogen) atoms. The standard InChI is InChI=1S/C22H26ClN3O3/c23-18-8-4-3-7-16(18)13-17-14-24-22(29-17)19-9-6-12-26(19)21(28)15-25-11-5-1-2-10-20(25)27/h3-4,7-8,14,19H,1-2,5-6,9-13,15H2. The van der Waals surface area contributed by atoms with E-state index in [1.165, 1.54) is 0 Å². The number of halogens is 1. The van der Waals surface area contributed by atoms with Gasteiger partial charge in [-0.1, -0.05) is 36.2 Å². The Bertz CT molecular complexity index is 882. The van der Waals surface area contributed by atoms with Crippen LogP contribution >= 0.6 is 11.6 Å². The third-order valence-corrected chi connectivity index (χ3v) is 6.12. The van der Waals surface area contributed by atoms with Gasteiger partial charge in [0.25, 0.3) is 0 Å². The fourth-order valence-corrected chi connectivity index (χ4v) is 4.37. The first-order valence-electron chi connectivity index (χ1n) is 10.4. The van der Waals surface area contributed by atoms with Gasteiger partial charge < -0.3 is 14.2 Å². The summed E-state index contributed by atoms with van der Waals surface area (Å²) in [6.45, 7) is 1.50. The number of oxazole rings is 1. The Morgan fingerprint density at radius 2 is 2.03 bits per heavy atom. The van der Waals surface area contributed by atoms with Gasteiger partial charge in [0.15, 0.2) is 0 Å². The number of amides is 2. The normalized spacial score (nSPS) is 20.2. The Morgan fingerprint density at radius 3 is 2.90 bits per heavy atom. The van der Waals surface area contributed by atoms with Crippen molar-refractivity contribution in [3.8, 4) is 0 Å². The lowest BCUT2D eigenvalue weighted by molar-refractivity contribution is -0.141. The zero-order valence-corrected chi connectivity index (χ0v) is 17.2. The van der Waals surface area contributed by atoms with Crippen LogP contribution in [0.15, 0.2) is 34.9 Å². The highest BCUT2D eigenvalue weighted by atomic mass is 35.5. The Balaban J connectivity index is 1.43. The van der Waals surface area contributed by atoms with Crippen LogP contribution in [0.5, 0.6) is 0 Å². The average Bonchev–Trinajstić information content (AvgIpc) is 3.33. The molecule has 0 N–H and O–H groups in total. The molecular formula is C22H26ClN3O3. The minimum atomic E-state index is -0.162. The van der Waals surface area contributed by atoms with Crippen LogP contribution in [0, 0.1) is 0 Å². The summed E-state index contributed by atoms with van der Waals surface area (Å²) in [7, 11) is 0. The minimum absolute atomic E-state index is 0.0198. The Hall–Kier alpha value is -2.34. The van der Waals surface area contributed by atoms with E-state index in [0.29, 0.717) is 36.8 Å². The van der Waals surface area contributed by atoms with E-state index in [9.17, 15) is 9.59 Å². The maximum Gasteiger partial charge on any atom is 0.242 e. The Morgan fingerprint density at radius 1 is 1.17 bits per heavy atom. The van der Waals surface area contributed by atoms with Gasteiger partial charge in [-0.15, -0.1) is 0 Å². The molecule has 0 radical (unpaired) electrons. The fourth-order valence-electron chi connectivity index (χ4n) is 4.17. The predicted octanol–water partition coefficient (Wildman–Crippen LogP) is 3.98. The highest BCUT2D eigenvalue weighted by Gasteiger charge is 2.34. The lowest BCUT2D eigenvalue weighted by Crippen LogP contribution is -2.42. The number of nitrogens with zero attached hydrogens (tertiary/aromatic N) is 3. The van der Waals surface area contributed by atoms with Gasteiger partial charge in [0.1, 0.15) is 11.8 Å². The number of aromatic nitrogens is 1. The van der Waals surface area contributed by atoms with Gasteiger partial charge in [-0.2, -0.15) is 0 Å². The molecule has 0 aliphatic carbocycles. The number of hydrogen-bond acceptors (Lipinski definition) is 4. The molecule has 0 bridgehead atoms. The van der Waals surface area contributed by atoms with Gasteiger partial charge in [0, 0.05) is 31.0 Å². The van der Waals surface area contributed by atoms with Crippen molar-refractivity contribution in [2.24, 2.45) is 0 Å². The van der Waals surface area contributed by atoms with E-state index >= 15 is 0 Å². The van der Waals surface area contributed by atoms with Crippen molar-refractivity contribution in [3.05, 3.63) is 52.7 Å². The van der Waals surface area contributed by atoms with E-state index in [-0.39, 0.29) is 24.4 Å². The number of carbonyl (C=O) groups excluding carboxylic acids is 2. The second-order valence-corrected chi connectivity index (χ2v) is 8.21. The van der Waals surface area contributed by atoms with Crippen molar-refractivity contribution >= 4 is 23.4 Å². The molecule has 1 aromatic carbocycles. The van der Waals surface area contributed by atoms with Crippen molar-refractivity contribution in [3.63, 3.8) is 0 Å². The summed E-state index contributed by atoms with van der Waals surface area (Å²) in [4.78, 5) is 33.2. The molecule has 2 fully saturated rings. The summed E-state index contributed by atoms with van der Waals surface area (Å²) in [6, 6.07) is 7.50. The largest absolute Gasteiger partial charge is 0.443 e. The van der Waals surface area contributed by atoms with E-state index in [2.05, 4.69) is 4.98 Å². The van der Waals surface area contributed by atoms with Crippen molar-refractivity contribution in [2.75, 3.05) is 19.6 Å². The number of carbonyl (C=O) groups is 2. The molecule has 1 unspecified atom stereocenters. The van der Waals surface area contributed by atoms with Crippen LogP contribution in [0.3, 0.4) is 0 Å². The lowest BCUT2D eigenvalue weighted by Gasteiger charge is -2.26. The molecule has 154 valence electrons. The maximum atomic E-state index is 12.9. The second-order valence-electron chi connectivity index (χ2n) is 7.80. The summed E-state index contributed by atoms with van der Waals surface area (Å²) in [5, 5.41) is 0.699. The third kappa shape index (κ3) is 4.64. The molecule has 4 rings (SSSR count). The molecule has 6 nitrogen and oxygen atoms in total. The summed E-state index contributed by atoms with van der Waals surface area (Å²) in [5.41, 5.74) is 0.982. The molecule has 0 spiro atoms. The van der Waals surface area contributed by atoms with Crippen molar-refractivity contribution in [1.29, 1.82) is 0 Å². The minimum Gasteiger partial charge on any atom is -0.443 e. The zero-order chi connectivity index (χ0) is 20.2. The van der Waals surface area contributed by atoms with Crippen LogP contribution in [0.2, 0.25) is 5.02 Å². The molecule has 2 saturated heterocycles. The Labute approximate surface area is 175 Å². The number of likely N-dealkylation sites (tertiary alicyclic amines) is 2. The topological polar surface area (TPSA) is 66.7 Å². The monoisotopic (exact) mass is 415 g/mol. The summed E-state index contributed by atoms with van der Waals surface area (Å²) < 4.78 is 5.99. The van der Waals surface area contributed by atoms with Crippen LogP contribution in [0.4, 0.5) is 0 Å². The lowest BCUT2D eigenvalue weighted by atomic mass is 10.1. The number of rotatable bonds is 5. The predicted molar refractivity (Wildman–Crippen MR) is 109 cm³/mol. The smallest absolute Gasteiger partial charge is 0.242 e. The van der Waals surface area contributed by atoms with E-state index < -0.39 is 0 Å². The van der Waals surface area contributed by atoms with Gasteiger partial charge in [0.2, 0.25) is 17.7 Å². The molecule has 3 heterocycles. The summed E-state index contributed by atoms with van der Waals surface area (Å²) in [6.07, 6.45) is 7.50. The van der Waals surface area contributed by atoms with Crippen molar-refractivity contribution < 1.29 is 14.0 Å². The zero-order valence-electron chi connectivity index (χ0n) is 16.5. The van der Waals surface area contributed by atoms with Crippen LogP contribution in [-0.4, -0.2) is 46.2 Å². The molecule has 2 aromatic rings. The van der Waals surface area contributed by atoms with Gasteiger partial charge in [0.05, 0.1) is 12.7 Å². The average molecular weight is 416 g/mol. The molecule has 1 atom stereocenters. The van der Waals surface area contributed by atoms with Crippen molar-refractivity contribution in [2.45, 2.75) is 51.0 Å². The number of benzene rings is 1. The summed E-state index contributed by atoms with van der Waals surface area (Å²) >= 11 is 6.24. The maximum absolute atomic E-state index is 12.9. The SMILES string of the molecule is O=C1CCCCCN1CC(=O)N1CCCC1c1ncc(Cc2ccccc2Cl)o1. The Kier molecular flexibility index (Phi) is 6.19. The van der Waals surface area contributed by atoms with E-state index in [1.807, 2.05) is 29.2 Å².